The Hall–Kier alpha value is -0.410. The van der Waals surface area contributed by atoms with Crippen LogP contribution in [0.4, 0.5) is 0 Å². The van der Waals surface area contributed by atoms with Gasteiger partial charge in [-0.2, -0.15) is 0 Å². The van der Waals surface area contributed by atoms with Crippen LogP contribution in [-0.4, -0.2) is 10.5 Å². The molecule has 1 saturated carbocycles. The highest BCUT2D eigenvalue weighted by Gasteiger charge is 2.29. The quantitative estimate of drug-likeness (QED) is 0.834. The largest absolute Gasteiger partial charge is 0.325 e. The molecule has 2 nitrogen and oxygen atoms in total. The van der Waals surface area contributed by atoms with E-state index in [1.165, 1.54) is 50.6 Å². The minimum Gasteiger partial charge on any atom is -0.325 e. The second kappa shape index (κ2) is 6.16. The molecule has 0 aliphatic heterocycles. The van der Waals surface area contributed by atoms with Crippen molar-refractivity contribution in [2.45, 2.75) is 70.8 Å². The highest BCUT2D eigenvalue weighted by Crippen LogP contribution is 2.33. The molecule has 2 N–H and O–H groups in total. The molecule has 0 bridgehead atoms. The van der Waals surface area contributed by atoms with E-state index in [4.69, 9.17) is 5.73 Å². The van der Waals surface area contributed by atoms with Gasteiger partial charge in [0, 0.05) is 17.3 Å². The zero-order chi connectivity index (χ0) is 13.0. The van der Waals surface area contributed by atoms with Crippen LogP contribution < -0.4 is 5.73 Å². The molecule has 1 aliphatic carbocycles. The predicted octanol–water partition coefficient (Wildman–Crippen LogP) is 4.07. The van der Waals surface area contributed by atoms with E-state index in [9.17, 15) is 0 Å². The van der Waals surface area contributed by atoms with Crippen LogP contribution in [0, 0.1) is 12.8 Å². The first-order chi connectivity index (χ1) is 8.61. The minimum absolute atomic E-state index is 0.00298. The summed E-state index contributed by atoms with van der Waals surface area (Å²) in [5, 5.41) is 3.34. The fourth-order valence-corrected chi connectivity index (χ4v) is 3.84. The predicted molar refractivity (Wildman–Crippen MR) is 79.0 cm³/mol. The smallest absolute Gasteiger partial charge is 0.0897 e. The number of aryl methyl sites for hydroxylation is 1. The first-order valence-electron chi connectivity index (χ1n) is 7.31. The summed E-state index contributed by atoms with van der Waals surface area (Å²) >= 11 is 1.74. The summed E-state index contributed by atoms with van der Waals surface area (Å²) < 4.78 is 0. The number of rotatable bonds is 4. The van der Waals surface area contributed by atoms with E-state index in [2.05, 4.69) is 24.2 Å². The molecule has 0 spiro atoms. The van der Waals surface area contributed by atoms with Crippen molar-refractivity contribution in [3.05, 3.63) is 16.1 Å². The molecule has 1 aromatic rings. The van der Waals surface area contributed by atoms with Crippen molar-refractivity contribution in [1.29, 1.82) is 0 Å². The van der Waals surface area contributed by atoms with Crippen molar-refractivity contribution < 1.29 is 0 Å². The van der Waals surface area contributed by atoms with Gasteiger partial charge in [-0.1, -0.05) is 32.6 Å². The molecule has 18 heavy (non-hydrogen) atoms. The zero-order valence-electron chi connectivity index (χ0n) is 11.7. The molecule has 1 heterocycles. The van der Waals surface area contributed by atoms with Crippen LogP contribution in [0.3, 0.4) is 0 Å². The lowest BCUT2D eigenvalue weighted by Crippen LogP contribution is -2.41. The number of hydrogen-bond donors (Lipinski definition) is 1. The lowest BCUT2D eigenvalue weighted by Gasteiger charge is -2.27. The van der Waals surface area contributed by atoms with Crippen LogP contribution in [0.15, 0.2) is 5.38 Å². The monoisotopic (exact) mass is 266 g/mol. The molecule has 2 atom stereocenters. The average Bonchev–Trinajstić information content (AvgIpc) is 2.62. The van der Waals surface area contributed by atoms with Gasteiger partial charge in [0.1, 0.15) is 0 Å². The number of hydrogen-bond acceptors (Lipinski definition) is 3. The first-order valence-corrected chi connectivity index (χ1v) is 8.19. The molecule has 0 saturated heterocycles. The molecule has 1 aliphatic rings. The van der Waals surface area contributed by atoms with Crippen LogP contribution in [-0.2, 0) is 6.42 Å². The minimum atomic E-state index is 0.00298. The molecule has 0 radical (unpaired) electrons. The molecule has 3 heteroatoms. The third kappa shape index (κ3) is 3.79. The van der Waals surface area contributed by atoms with E-state index in [1.807, 2.05) is 0 Å². The molecule has 1 aromatic heterocycles. The summed E-state index contributed by atoms with van der Waals surface area (Å²) in [5.41, 5.74) is 7.83. The van der Waals surface area contributed by atoms with Crippen molar-refractivity contribution in [3.8, 4) is 0 Å². The Balaban J connectivity index is 1.94. The summed E-state index contributed by atoms with van der Waals surface area (Å²) in [4.78, 5) is 4.57. The summed E-state index contributed by atoms with van der Waals surface area (Å²) in [6.07, 6.45) is 9.99. The van der Waals surface area contributed by atoms with Gasteiger partial charge in [0.05, 0.1) is 10.7 Å². The van der Waals surface area contributed by atoms with Crippen LogP contribution in [0.25, 0.3) is 0 Å². The third-order valence-electron chi connectivity index (χ3n) is 4.23. The standard InChI is InChI=1S/C15H26N2S/c1-3-5-13-6-4-8-15(16,9-7-13)10-14-11-18-12(2)17-14/h11,13H,3-10,16H2,1-2H3. The van der Waals surface area contributed by atoms with Crippen LogP contribution in [0.1, 0.15) is 62.6 Å². The Bertz CT molecular complexity index is 374. The fraction of sp³-hybridized carbons (Fsp3) is 0.800. The van der Waals surface area contributed by atoms with E-state index in [0.29, 0.717) is 0 Å². The summed E-state index contributed by atoms with van der Waals surface area (Å²) in [5.74, 6) is 0.914. The summed E-state index contributed by atoms with van der Waals surface area (Å²) in [7, 11) is 0. The van der Waals surface area contributed by atoms with Crippen LogP contribution in [0.2, 0.25) is 0 Å². The van der Waals surface area contributed by atoms with Crippen molar-refractivity contribution in [3.63, 3.8) is 0 Å². The van der Waals surface area contributed by atoms with Crippen molar-refractivity contribution in [1.82, 2.24) is 4.98 Å². The second-order valence-electron chi connectivity index (χ2n) is 5.98. The maximum atomic E-state index is 6.62. The first kappa shape index (κ1) is 14.0. The fourth-order valence-electron chi connectivity index (χ4n) is 3.23. The van der Waals surface area contributed by atoms with E-state index >= 15 is 0 Å². The molecule has 1 fully saturated rings. The van der Waals surface area contributed by atoms with Gasteiger partial charge < -0.3 is 5.73 Å². The van der Waals surface area contributed by atoms with Gasteiger partial charge >= 0.3 is 0 Å². The second-order valence-corrected chi connectivity index (χ2v) is 7.04. The Morgan fingerprint density at radius 2 is 2.28 bits per heavy atom. The van der Waals surface area contributed by atoms with E-state index < -0.39 is 0 Å². The summed E-state index contributed by atoms with van der Waals surface area (Å²) in [6, 6.07) is 0. The van der Waals surface area contributed by atoms with Crippen LogP contribution >= 0.6 is 11.3 Å². The van der Waals surface area contributed by atoms with Crippen LogP contribution in [0.5, 0.6) is 0 Å². The van der Waals surface area contributed by atoms with E-state index in [0.717, 1.165) is 17.3 Å². The summed E-state index contributed by atoms with van der Waals surface area (Å²) in [6.45, 7) is 4.36. The molecule has 102 valence electrons. The lowest BCUT2D eigenvalue weighted by atomic mass is 9.86. The van der Waals surface area contributed by atoms with Crippen molar-refractivity contribution in [2.24, 2.45) is 11.7 Å². The van der Waals surface area contributed by atoms with Gasteiger partial charge in [0.25, 0.3) is 0 Å². The van der Waals surface area contributed by atoms with Gasteiger partial charge in [-0.15, -0.1) is 11.3 Å². The highest BCUT2D eigenvalue weighted by molar-refractivity contribution is 7.09. The lowest BCUT2D eigenvalue weighted by molar-refractivity contribution is 0.353. The van der Waals surface area contributed by atoms with E-state index in [1.54, 1.807) is 11.3 Å². The van der Waals surface area contributed by atoms with Gasteiger partial charge in [-0.25, -0.2) is 4.98 Å². The van der Waals surface area contributed by atoms with Gasteiger partial charge in [0.2, 0.25) is 0 Å². The molecule has 2 unspecified atom stereocenters. The number of nitrogens with zero attached hydrogens (tertiary/aromatic N) is 1. The Kier molecular flexibility index (Phi) is 4.79. The Morgan fingerprint density at radius 3 is 2.94 bits per heavy atom. The maximum absolute atomic E-state index is 6.62. The molecular formula is C15H26N2S. The molecule has 0 amide bonds. The zero-order valence-corrected chi connectivity index (χ0v) is 12.6. The highest BCUT2D eigenvalue weighted by atomic mass is 32.1. The number of thiazole rings is 1. The van der Waals surface area contributed by atoms with E-state index in [-0.39, 0.29) is 5.54 Å². The normalized spacial score (nSPS) is 29.2. The van der Waals surface area contributed by atoms with Crippen molar-refractivity contribution >= 4 is 11.3 Å². The van der Waals surface area contributed by atoms with Gasteiger partial charge in [-0.05, 0) is 32.1 Å². The number of aromatic nitrogens is 1. The maximum Gasteiger partial charge on any atom is 0.0897 e. The van der Waals surface area contributed by atoms with Gasteiger partial charge in [-0.3, -0.25) is 0 Å². The Labute approximate surface area is 115 Å². The third-order valence-corrected chi connectivity index (χ3v) is 5.06. The SMILES string of the molecule is CCCC1CCCC(N)(Cc2csc(C)n2)CC1. The molecular weight excluding hydrogens is 240 g/mol. The average molecular weight is 266 g/mol. The van der Waals surface area contributed by atoms with Gasteiger partial charge in [0.15, 0.2) is 0 Å². The van der Waals surface area contributed by atoms with Crippen molar-refractivity contribution in [2.75, 3.05) is 0 Å². The topological polar surface area (TPSA) is 38.9 Å². The Morgan fingerprint density at radius 1 is 1.44 bits per heavy atom. The number of nitrogens with two attached hydrogens (primary N) is 1. The molecule has 2 rings (SSSR count). The molecule has 0 aromatic carbocycles.